The van der Waals surface area contributed by atoms with Crippen molar-refractivity contribution in [3.63, 3.8) is 0 Å². The molecule has 6 nitrogen and oxygen atoms in total. The van der Waals surface area contributed by atoms with E-state index in [1.54, 1.807) is 19.2 Å². The van der Waals surface area contributed by atoms with Gasteiger partial charge in [-0.2, -0.15) is 0 Å². The monoisotopic (exact) mass is 481 g/mol. The Kier molecular flexibility index (Phi) is 4.80. The molecular weight excluding hydrogens is 457 g/mol. The minimum absolute atomic E-state index is 0.354. The normalized spacial score (nSPS) is 14.4. The third-order valence-electron chi connectivity index (χ3n) is 6.95. The zero-order valence-electron chi connectivity index (χ0n) is 20.4. The highest BCUT2D eigenvalue weighted by Gasteiger charge is 2.36. The van der Waals surface area contributed by atoms with E-state index in [1.165, 1.54) is 23.7 Å². The van der Waals surface area contributed by atoms with E-state index in [2.05, 4.69) is 0 Å². The molecule has 0 saturated carbocycles. The first-order chi connectivity index (χ1) is 17.3. The van der Waals surface area contributed by atoms with Gasteiger partial charge in [0.15, 0.2) is 6.10 Å². The van der Waals surface area contributed by atoms with Gasteiger partial charge in [-0.25, -0.2) is 9.18 Å². The first-order valence-corrected chi connectivity index (χ1v) is 11.7. The summed E-state index contributed by atoms with van der Waals surface area (Å²) in [6, 6.07) is 20.0. The van der Waals surface area contributed by atoms with E-state index >= 15 is 0 Å². The summed E-state index contributed by atoms with van der Waals surface area (Å²) in [7, 11) is 3.16. The van der Waals surface area contributed by atoms with Gasteiger partial charge < -0.3 is 9.30 Å². The van der Waals surface area contributed by atoms with Gasteiger partial charge in [0.25, 0.3) is 5.56 Å². The highest BCUT2D eigenvalue weighted by atomic mass is 19.1. The fourth-order valence-electron chi connectivity index (χ4n) is 5.12. The number of benzene rings is 3. The molecule has 1 aliphatic rings. The Bertz CT molecular complexity index is 1790. The van der Waals surface area contributed by atoms with Gasteiger partial charge in [0, 0.05) is 14.1 Å². The van der Waals surface area contributed by atoms with Gasteiger partial charge in [-0.1, -0.05) is 48.0 Å². The van der Waals surface area contributed by atoms with Gasteiger partial charge >= 0.3 is 5.69 Å². The lowest BCUT2D eigenvalue weighted by atomic mass is 10.0. The van der Waals surface area contributed by atoms with Gasteiger partial charge in [0.2, 0.25) is 0 Å². The van der Waals surface area contributed by atoms with Crippen LogP contribution in [-0.2, 0) is 14.1 Å². The van der Waals surface area contributed by atoms with E-state index in [-0.39, 0.29) is 11.4 Å². The number of fused-ring (bicyclic) bond motifs is 5. The van der Waals surface area contributed by atoms with Crippen LogP contribution < -0.4 is 16.0 Å². The van der Waals surface area contributed by atoms with Gasteiger partial charge in [-0.3, -0.25) is 13.9 Å². The Morgan fingerprint density at radius 1 is 0.833 bits per heavy atom. The third-order valence-corrected chi connectivity index (χ3v) is 6.95. The third kappa shape index (κ3) is 3.09. The number of rotatable bonds is 2. The second kappa shape index (κ2) is 7.81. The smallest absolute Gasteiger partial charge is 0.331 e. The summed E-state index contributed by atoms with van der Waals surface area (Å²) in [5.41, 5.74) is 5.51. The minimum atomic E-state index is -0.666. The minimum Gasteiger partial charge on any atom is -0.477 e. The average Bonchev–Trinajstić information content (AvgIpc) is 3.23. The zero-order valence-corrected chi connectivity index (χ0v) is 20.4. The standard InChI is InChI=1S/C29H24FN3O3/c1-16-5-8-18(9-6-16)24-23-25(31(3)29(35)32(4)28(23)34)26-27(19-10-12-20(30)13-11-19)36-22-14-7-17(2)15-21(22)33(24)26/h5-15,27H,1-4H3. The van der Waals surface area contributed by atoms with Crippen molar-refractivity contribution in [2.75, 3.05) is 0 Å². The molecule has 0 N–H and O–H groups in total. The molecule has 1 aliphatic heterocycles. The van der Waals surface area contributed by atoms with Crippen molar-refractivity contribution in [1.29, 1.82) is 0 Å². The Morgan fingerprint density at radius 3 is 2.19 bits per heavy atom. The Labute approximate surface area is 206 Å². The molecule has 0 bridgehead atoms. The van der Waals surface area contributed by atoms with Crippen LogP contribution in [0.4, 0.5) is 4.39 Å². The van der Waals surface area contributed by atoms with E-state index < -0.39 is 11.8 Å². The van der Waals surface area contributed by atoms with Crippen LogP contribution in [0.25, 0.3) is 27.8 Å². The van der Waals surface area contributed by atoms with Crippen LogP contribution in [0.2, 0.25) is 0 Å². The van der Waals surface area contributed by atoms with Crippen LogP contribution in [0.1, 0.15) is 28.5 Å². The molecule has 5 aromatic rings. The molecule has 3 aromatic carbocycles. The highest BCUT2D eigenvalue weighted by molar-refractivity contribution is 5.98. The number of hydrogen-bond acceptors (Lipinski definition) is 3. The summed E-state index contributed by atoms with van der Waals surface area (Å²) in [6.45, 7) is 4.00. The molecule has 0 saturated heterocycles. The number of halogens is 1. The van der Waals surface area contributed by atoms with Gasteiger partial charge in [0.05, 0.1) is 28.0 Å². The lowest BCUT2D eigenvalue weighted by Crippen LogP contribution is -2.37. The maximum atomic E-state index is 13.8. The summed E-state index contributed by atoms with van der Waals surface area (Å²) >= 11 is 0. The predicted octanol–water partition coefficient (Wildman–Crippen LogP) is 4.93. The average molecular weight is 482 g/mol. The molecule has 36 heavy (non-hydrogen) atoms. The largest absolute Gasteiger partial charge is 0.477 e. The molecule has 0 amide bonds. The number of ether oxygens (including phenoxy) is 1. The van der Waals surface area contributed by atoms with E-state index in [0.29, 0.717) is 33.6 Å². The van der Waals surface area contributed by atoms with Gasteiger partial charge in [-0.15, -0.1) is 0 Å². The van der Waals surface area contributed by atoms with Crippen LogP contribution >= 0.6 is 0 Å². The number of nitrogens with zero attached hydrogens (tertiary/aromatic N) is 3. The molecule has 3 heterocycles. The van der Waals surface area contributed by atoms with Gasteiger partial charge in [0.1, 0.15) is 11.6 Å². The van der Waals surface area contributed by atoms with Crippen molar-refractivity contribution in [3.8, 4) is 22.7 Å². The van der Waals surface area contributed by atoms with Crippen molar-refractivity contribution in [2.45, 2.75) is 20.0 Å². The van der Waals surface area contributed by atoms with Crippen LogP contribution in [0.5, 0.6) is 5.75 Å². The second-order valence-electron chi connectivity index (χ2n) is 9.39. The molecule has 0 spiro atoms. The van der Waals surface area contributed by atoms with Crippen LogP contribution in [0.3, 0.4) is 0 Å². The zero-order chi connectivity index (χ0) is 25.3. The van der Waals surface area contributed by atoms with Crippen molar-refractivity contribution in [1.82, 2.24) is 13.7 Å². The molecule has 0 fully saturated rings. The number of hydrogen-bond donors (Lipinski definition) is 0. The van der Waals surface area contributed by atoms with Crippen molar-refractivity contribution < 1.29 is 9.13 Å². The first-order valence-electron chi connectivity index (χ1n) is 11.7. The lowest BCUT2D eigenvalue weighted by Gasteiger charge is -2.30. The maximum absolute atomic E-state index is 13.8. The van der Waals surface area contributed by atoms with Crippen molar-refractivity contribution in [3.05, 3.63) is 116 Å². The number of aromatic nitrogens is 3. The molecule has 2 aromatic heterocycles. The van der Waals surface area contributed by atoms with Crippen LogP contribution in [0, 0.1) is 19.7 Å². The van der Waals surface area contributed by atoms with Gasteiger partial charge in [-0.05, 0) is 54.8 Å². The quantitative estimate of drug-likeness (QED) is 0.359. The lowest BCUT2D eigenvalue weighted by molar-refractivity contribution is 0.229. The first kappa shape index (κ1) is 22.1. The van der Waals surface area contributed by atoms with E-state index in [0.717, 1.165) is 26.9 Å². The fraction of sp³-hybridized carbons (Fsp3) is 0.172. The molecule has 0 aliphatic carbocycles. The van der Waals surface area contributed by atoms with Crippen molar-refractivity contribution in [2.24, 2.45) is 14.1 Å². The number of aryl methyl sites for hydroxylation is 3. The Hall–Kier alpha value is -4.39. The topological polar surface area (TPSA) is 58.2 Å². The fourth-order valence-corrected chi connectivity index (χ4v) is 5.12. The summed E-state index contributed by atoms with van der Waals surface area (Å²) in [6.07, 6.45) is -0.666. The summed E-state index contributed by atoms with van der Waals surface area (Å²) in [5, 5.41) is 0.434. The van der Waals surface area contributed by atoms with Crippen molar-refractivity contribution >= 4 is 10.9 Å². The van der Waals surface area contributed by atoms with Crippen LogP contribution in [-0.4, -0.2) is 13.7 Å². The van der Waals surface area contributed by atoms with E-state index in [4.69, 9.17) is 4.74 Å². The van der Waals surface area contributed by atoms with Crippen LogP contribution in [0.15, 0.2) is 76.3 Å². The summed E-state index contributed by atoms with van der Waals surface area (Å²) in [5.74, 6) is 0.283. The highest BCUT2D eigenvalue weighted by Crippen LogP contribution is 2.46. The summed E-state index contributed by atoms with van der Waals surface area (Å²) < 4.78 is 25.0. The Morgan fingerprint density at radius 2 is 1.50 bits per heavy atom. The molecule has 180 valence electrons. The molecule has 6 rings (SSSR count). The maximum Gasteiger partial charge on any atom is 0.331 e. The predicted molar refractivity (Wildman–Crippen MR) is 138 cm³/mol. The SMILES string of the molecule is Cc1ccc(-c2c3c(=O)n(C)c(=O)n(C)c3c3n2-c2cc(C)ccc2OC3c2ccc(F)cc2)cc1. The Balaban J connectivity index is 1.86. The molecule has 1 atom stereocenters. The molecule has 7 heteroatoms. The molecular formula is C29H24FN3O3. The second-order valence-corrected chi connectivity index (χ2v) is 9.39. The molecule has 0 radical (unpaired) electrons. The molecule has 1 unspecified atom stereocenters. The summed E-state index contributed by atoms with van der Waals surface area (Å²) in [4.78, 5) is 26.8. The van der Waals surface area contributed by atoms with E-state index in [1.807, 2.05) is 60.9 Å². The van der Waals surface area contributed by atoms with E-state index in [9.17, 15) is 14.0 Å².